The molecule has 1 heterocycles. The summed E-state index contributed by atoms with van der Waals surface area (Å²) in [4.78, 5) is 14.6. The molecule has 0 saturated carbocycles. The van der Waals surface area contributed by atoms with Crippen LogP contribution in [0.15, 0.2) is 6.20 Å². The third kappa shape index (κ3) is 5.45. The second-order valence-corrected chi connectivity index (χ2v) is 4.35. The zero-order valence-corrected chi connectivity index (χ0v) is 12.3. The second-order valence-electron chi connectivity index (χ2n) is 4.08. The van der Waals surface area contributed by atoms with Crippen molar-refractivity contribution in [3.8, 4) is 5.75 Å². The third-order valence-electron chi connectivity index (χ3n) is 2.49. The first kappa shape index (κ1) is 19.3. The minimum Gasteiger partial charge on any atom is -0.466 e. The molecule has 0 saturated heterocycles. The highest BCUT2D eigenvalue weighted by Gasteiger charge is 2.41. The Hall–Kier alpha value is -1.71. The van der Waals surface area contributed by atoms with Gasteiger partial charge in [-0.3, -0.25) is 9.78 Å². The van der Waals surface area contributed by atoms with E-state index in [4.69, 9.17) is 11.6 Å². The van der Waals surface area contributed by atoms with Crippen molar-refractivity contribution in [3.63, 3.8) is 0 Å². The van der Waals surface area contributed by atoms with Crippen molar-refractivity contribution in [2.75, 3.05) is 6.61 Å². The van der Waals surface area contributed by atoms with Gasteiger partial charge in [0.15, 0.2) is 5.75 Å². The van der Waals surface area contributed by atoms with E-state index in [1.807, 2.05) is 0 Å². The first-order valence-corrected chi connectivity index (χ1v) is 6.58. The van der Waals surface area contributed by atoms with Crippen molar-refractivity contribution in [3.05, 3.63) is 23.0 Å². The Balaban J connectivity index is 3.40. The zero-order valence-electron chi connectivity index (χ0n) is 11.5. The van der Waals surface area contributed by atoms with Crippen molar-refractivity contribution in [1.29, 1.82) is 0 Å². The molecule has 1 aromatic rings. The predicted octanol–water partition coefficient (Wildman–Crippen LogP) is 3.84. The summed E-state index contributed by atoms with van der Waals surface area (Å²) in [6.07, 6.45) is -10.7. The number of hydrogen-bond donors (Lipinski definition) is 0. The molecule has 4 nitrogen and oxygen atoms in total. The average Bonchev–Trinajstić information content (AvgIpc) is 2.37. The first-order chi connectivity index (χ1) is 10.5. The minimum absolute atomic E-state index is 0.0716. The van der Waals surface area contributed by atoms with Gasteiger partial charge in [-0.15, -0.1) is 24.8 Å². The van der Waals surface area contributed by atoms with E-state index in [2.05, 4.69) is 14.5 Å². The molecule has 0 N–H and O–H groups in total. The Morgan fingerprint density at radius 3 is 2.30 bits per heavy atom. The Kier molecular flexibility index (Phi) is 6.09. The van der Waals surface area contributed by atoms with E-state index in [1.165, 1.54) is 6.92 Å². The van der Waals surface area contributed by atoms with E-state index in [0.29, 0.717) is 6.20 Å². The summed E-state index contributed by atoms with van der Waals surface area (Å²) in [5, 5.41) is 0. The standard InChI is InChI=1S/C12H10ClF6NO3/c1-2-22-9(21)3-7-10(11(14,15)16)6(4-13)8(5-20-7)23-12(17,18)19/h5H,2-4H2,1H3. The number of aromatic nitrogens is 1. The van der Waals surface area contributed by atoms with E-state index in [-0.39, 0.29) is 6.61 Å². The highest BCUT2D eigenvalue weighted by atomic mass is 35.5. The second kappa shape index (κ2) is 7.24. The van der Waals surface area contributed by atoms with Crippen LogP contribution < -0.4 is 4.74 Å². The molecule has 0 aliphatic rings. The molecule has 0 aliphatic heterocycles. The Morgan fingerprint density at radius 2 is 1.87 bits per heavy atom. The topological polar surface area (TPSA) is 48.4 Å². The molecule has 23 heavy (non-hydrogen) atoms. The van der Waals surface area contributed by atoms with Gasteiger partial charge in [-0.25, -0.2) is 0 Å². The molecule has 1 aromatic heterocycles. The van der Waals surface area contributed by atoms with Gasteiger partial charge in [-0.1, -0.05) is 0 Å². The Labute approximate surface area is 131 Å². The summed E-state index contributed by atoms with van der Waals surface area (Å²) < 4.78 is 84.2. The maximum atomic E-state index is 13.2. The van der Waals surface area contributed by atoms with Crippen molar-refractivity contribution in [1.82, 2.24) is 4.98 Å². The molecule has 0 aromatic carbocycles. The normalized spacial score (nSPS) is 12.2. The van der Waals surface area contributed by atoms with Crippen LogP contribution in [0.1, 0.15) is 23.7 Å². The minimum atomic E-state index is -5.21. The third-order valence-corrected chi connectivity index (χ3v) is 2.75. The van der Waals surface area contributed by atoms with E-state index in [1.54, 1.807) is 0 Å². The van der Waals surface area contributed by atoms with Gasteiger partial charge in [0, 0.05) is 5.56 Å². The van der Waals surface area contributed by atoms with Gasteiger partial charge in [0.2, 0.25) is 0 Å². The summed E-state index contributed by atoms with van der Waals surface area (Å²) in [5.74, 6) is -3.10. The zero-order chi connectivity index (χ0) is 17.8. The fourth-order valence-corrected chi connectivity index (χ4v) is 2.00. The van der Waals surface area contributed by atoms with Crippen LogP contribution in [0.4, 0.5) is 26.3 Å². The van der Waals surface area contributed by atoms with Crippen molar-refractivity contribution >= 4 is 17.6 Å². The maximum Gasteiger partial charge on any atom is 0.573 e. The van der Waals surface area contributed by atoms with Gasteiger partial charge in [0.05, 0.1) is 36.4 Å². The Bertz CT molecular complexity index is 573. The highest BCUT2D eigenvalue weighted by Crippen LogP contribution is 2.40. The SMILES string of the molecule is CCOC(=O)Cc1ncc(OC(F)(F)F)c(CCl)c1C(F)(F)F. The van der Waals surface area contributed by atoms with Crippen LogP contribution in [0.3, 0.4) is 0 Å². The molecule has 0 spiro atoms. The van der Waals surface area contributed by atoms with Crippen LogP contribution in [0.2, 0.25) is 0 Å². The van der Waals surface area contributed by atoms with Crippen molar-refractivity contribution in [2.24, 2.45) is 0 Å². The molecule has 0 fully saturated rings. The summed E-state index contributed by atoms with van der Waals surface area (Å²) in [7, 11) is 0. The molecular weight excluding hydrogens is 356 g/mol. The molecule has 0 amide bonds. The van der Waals surface area contributed by atoms with Gasteiger partial charge < -0.3 is 9.47 Å². The summed E-state index contributed by atoms with van der Waals surface area (Å²) in [6.45, 7) is 1.37. The number of pyridine rings is 1. The number of alkyl halides is 7. The number of nitrogens with zero attached hydrogens (tertiary/aromatic N) is 1. The van der Waals surface area contributed by atoms with Crippen LogP contribution >= 0.6 is 11.6 Å². The molecule has 1 rings (SSSR count). The highest BCUT2D eigenvalue weighted by molar-refractivity contribution is 6.17. The van der Waals surface area contributed by atoms with Crippen molar-refractivity contribution in [2.45, 2.75) is 31.8 Å². The molecule has 0 aliphatic carbocycles. The largest absolute Gasteiger partial charge is 0.573 e. The lowest BCUT2D eigenvalue weighted by molar-refractivity contribution is -0.275. The number of hydrogen-bond acceptors (Lipinski definition) is 4. The molecular formula is C12H10ClF6NO3. The number of carbonyl (C=O) groups is 1. The summed E-state index contributed by atoms with van der Waals surface area (Å²) in [6, 6.07) is 0. The lowest BCUT2D eigenvalue weighted by atomic mass is 10.0. The van der Waals surface area contributed by atoms with Crippen LogP contribution in [-0.2, 0) is 28.0 Å². The van der Waals surface area contributed by atoms with Gasteiger partial charge >= 0.3 is 18.5 Å². The number of ether oxygens (including phenoxy) is 2. The fourth-order valence-electron chi connectivity index (χ4n) is 1.74. The molecule has 0 bridgehead atoms. The van der Waals surface area contributed by atoms with Crippen LogP contribution in [0.25, 0.3) is 0 Å². The number of rotatable bonds is 5. The molecule has 0 atom stereocenters. The van der Waals surface area contributed by atoms with E-state index < -0.39 is 53.4 Å². The Morgan fingerprint density at radius 1 is 1.26 bits per heavy atom. The van der Waals surface area contributed by atoms with Gasteiger partial charge in [0.1, 0.15) is 0 Å². The lowest BCUT2D eigenvalue weighted by Gasteiger charge is -2.19. The molecule has 11 heteroatoms. The average molecular weight is 366 g/mol. The molecule has 0 radical (unpaired) electrons. The van der Waals surface area contributed by atoms with Gasteiger partial charge in [-0.05, 0) is 6.92 Å². The van der Waals surface area contributed by atoms with Crippen LogP contribution in [0, 0.1) is 0 Å². The maximum absolute atomic E-state index is 13.2. The molecule has 130 valence electrons. The first-order valence-electron chi connectivity index (χ1n) is 6.04. The van der Waals surface area contributed by atoms with E-state index in [9.17, 15) is 31.1 Å². The summed E-state index contributed by atoms with van der Waals surface area (Å²) in [5.41, 5.74) is -3.28. The number of carbonyl (C=O) groups excluding carboxylic acids is 1. The van der Waals surface area contributed by atoms with Crippen LogP contribution in [0.5, 0.6) is 5.75 Å². The smallest absolute Gasteiger partial charge is 0.466 e. The van der Waals surface area contributed by atoms with Crippen molar-refractivity contribution < 1.29 is 40.6 Å². The monoisotopic (exact) mass is 365 g/mol. The number of esters is 1. The quantitative estimate of drug-likeness (QED) is 0.452. The van der Waals surface area contributed by atoms with Crippen LogP contribution in [-0.4, -0.2) is 23.9 Å². The molecule has 0 unspecified atom stereocenters. The van der Waals surface area contributed by atoms with E-state index >= 15 is 0 Å². The number of halogens is 7. The summed E-state index contributed by atoms with van der Waals surface area (Å²) >= 11 is 5.35. The predicted molar refractivity (Wildman–Crippen MR) is 65.8 cm³/mol. The fraction of sp³-hybridized carbons (Fsp3) is 0.500. The van der Waals surface area contributed by atoms with E-state index in [0.717, 1.165) is 0 Å². The lowest BCUT2D eigenvalue weighted by Crippen LogP contribution is -2.22. The van der Waals surface area contributed by atoms with Gasteiger partial charge in [-0.2, -0.15) is 13.2 Å². The van der Waals surface area contributed by atoms with Gasteiger partial charge in [0.25, 0.3) is 0 Å².